The average Bonchev–Trinajstić information content (AvgIpc) is 2.82. The summed E-state index contributed by atoms with van der Waals surface area (Å²) in [5, 5.41) is 3.86. The molecule has 1 amide bonds. The highest BCUT2D eigenvalue weighted by atomic mass is 32.2. The molecule has 34 heavy (non-hydrogen) atoms. The van der Waals surface area contributed by atoms with E-state index in [-0.39, 0.29) is 5.69 Å². The number of nitrogens with one attached hydrogen (secondary N) is 1. The molecule has 0 atom stereocenters. The summed E-state index contributed by atoms with van der Waals surface area (Å²) >= 11 is 0. The van der Waals surface area contributed by atoms with Crippen molar-refractivity contribution in [2.45, 2.75) is 6.61 Å². The van der Waals surface area contributed by atoms with E-state index in [0.29, 0.717) is 28.0 Å². The second-order valence-corrected chi connectivity index (χ2v) is 9.11. The zero-order chi connectivity index (χ0) is 24.6. The first-order valence-electron chi connectivity index (χ1n) is 10.2. The molecular weight excluding hydrogens is 461 g/mol. The van der Waals surface area contributed by atoms with Gasteiger partial charge in [0.1, 0.15) is 19.0 Å². The predicted octanol–water partition coefficient (Wildman–Crippen LogP) is 3.33. The van der Waals surface area contributed by atoms with Gasteiger partial charge in [-0.15, -0.1) is 0 Å². The van der Waals surface area contributed by atoms with E-state index in [9.17, 15) is 17.6 Å². The summed E-state index contributed by atoms with van der Waals surface area (Å²) in [6, 6.07) is 20.1. The number of methoxy groups -OCH3 is 1. The second-order valence-electron chi connectivity index (χ2n) is 7.20. The summed E-state index contributed by atoms with van der Waals surface area (Å²) in [7, 11) is -2.39. The average molecular weight is 486 g/mol. The molecule has 3 aromatic carbocycles. The Bertz CT molecular complexity index is 1270. The highest BCUT2D eigenvalue weighted by molar-refractivity contribution is 7.92. The van der Waals surface area contributed by atoms with Gasteiger partial charge in [-0.2, -0.15) is 5.10 Å². The molecule has 0 aliphatic rings. The van der Waals surface area contributed by atoms with Gasteiger partial charge in [0, 0.05) is 0 Å². The van der Waals surface area contributed by atoms with Crippen molar-refractivity contribution in [3.8, 4) is 11.5 Å². The molecule has 0 unspecified atom stereocenters. The first-order chi connectivity index (χ1) is 16.3. The maximum atomic E-state index is 14.1. The van der Waals surface area contributed by atoms with Crippen molar-refractivity contribution < 1.29 is 27.1 Å². The smallest absolute Gasteiger partial charge is 0.260 e. The molecule has 0 aromatic heterocycles. The number of anilines is 1. The Morgan fingerprint density at radius 1 is 1.06 bits per heavy atom. The highest BCUT2D eigenvalue weighted by Crippen LogP contribution is 2.28. The molecule has 3 aromatic rings. The second kappa shape index (κ2) is 11.3. The topological polar surface area (TPSA) is 97.3 Å². The lowest BCUT2D eigenvalue weighted by molar-refractivity contribution is -0.119. The molecule has 0 aliphatic heterocycles. The van der Waals surface area contributed by atoms with Crippen LogP contribution >= 0.6 is 0 Å². The van der Waals surface area contributed by atoms with Gasteiger partial charge in [-0.25, -0.2) is 18.2 Å². The van der Waals surface area contributed by atoms with E-state index < -0.39 is 28.3 Å². The number of rotatable bonds is 10. The van der Waals surface area contributed by atoms with E-state index in [1.54, 1.807) is 18.2 Å². The van der Waals surface area contributed by atoms with Crippen LogP contribution in [0.15, 0.2) is 77.9 Å². The van der Waals surface area contributed by atoms with Crippen LogP contribution in [0, 0.1) is 5.82 Å². The van der Waals surface area contributed by atoms with Gasteiger partial charge >= 0.3 is 0 Å². The van der Waals surface area contributed by atoms with Gasteiger partial charge in [-0.1, -0.05) is 42.5 Å². The summed E-state index contributed by atoms with van der Waals surface area (Å²) in [6.45, 7) is -0.258. The minimum Gasteiger partial charge on any atom is -0.493 e. The fourth-order valence-corrected chi connectivity index (χ4v) is 3.86. The number of hydrogen-bond donors (Lipinski definition) is 1. The van der Waals surface area contributed by atoms with Gasteiger partial charge in [-0.05, 0) is 41.5 Å². The molecule has 0 aliphatic carbocycles. The number of sulfonamides is 1. The fraction of sp³-hybridized carbons (Fsp3) is 0.167. The van der Waals surface area contributed by atoms with Crippen molar-refractivity contribution in [2.24, 2.45) is 5.10 Å². The number of nitrogens with zero attached hydrogens (tertiary/aromatic N) is 2. The Morgan fingerprint density at radius 2 is 1.76 bits per heavy atom. The predicted molar refractivity (Wildman–Crippen MR) is 128 cm³/mol. The Morgan fingerprint density at radius 3 is 2.44 bits per heavy atom. The quantitative estimate of drug-likeness (QED) is 0.351. The molecule has 0 radical (unpaired) electrons. The van der Waals surface area contributed by atoms with Crippen LogP contribution in [0.2, 0.25) is 0 Å². The van der Waals surface area contributed by atoms with Crippen molar-refractivity contribution in [3.63, 3.8) is 0 Å². The van der Waals surface area contributed by atoms with Gasteiger partial charge < -0.3 is 9.47 Å². The molecule has 0 heterocycles. The number of carbonyl (C=O) groups is 1. The molecule has 8 nitrogen and oxygen atoms in total. The summed E-state index contributed by atoms with van der Waals surface area (Å²) in [6.07, 6.45) is 2.26. The molecule has 0 saturated carbocycles. The summed E-state index contributed by atoms with van der Waals surface area (Å²) in [5.41, 5.74) is 3.65. The van der Waals surface area contributed by atoms with Crippen LogP contribution in [0.1, 0.15) is 11.1 Å². The highest BCUT2D eigenvalue weighted by Gasteiger charge is 2.23. The maximum absolute atomic E-state index is 14.1. The van der Waals surface area contributed by atoms with Crippen LogP contribution in [-0.4, -0.2) is 40.4 Å². The van der Waals surface area contributed by atoms with Crippen molar-refractivity contribution in [1.82, 2.24) is 5.43 Å². The number of benzene rings is 3. The van der Waals surface area contributed by atoms with E-state index in [0.717, 1.165) is 17.9 Å². The minimum absolute atomic E-state index is 0.222. The van der Waals surface area contributed by atoms with Gasteiger partial charge in [0.2, 0.25) is 10.0 Å². The van der Waals surface area contributed by atoms with E-state index >= 15 is 0 Å². The van der Waals surface area contributed by atoms with Crippen molar-refractivity contribution in [1.29, 1.82) is 0 Å². The molecule has 178 valence electrons. The Hall–Kier alpha value is -3.92. The van der Waals surface area contributed by atoms with E-state index in [1.807, 2.05) is 30.3 Å². The Labute approximate surface area is 197 Å². The van der Waals surface area contributed by atoms with Crippen LogP contribution < -0.4 is 19.2 Å². The molecule has 0 spiro atoms. The number of halogens is 1. The number of hydrogen-bond acceptors (Lipinski definition) is 6. The number of hydrazone groups is 1. The van der Waals surface area contributed by atoms with Gasteiger partial charge in [0.25, 0.3) is 5.91 Å². The number of carbonyl (C=O) groups excluding carboxylic acids is 1. The van der Waals surface area contributed by atoms with Crippen molar-refractivity contribution >= 4 is 27.8 Å². The van der Waals surface area contributed by atoms with Crippen molar-refractivity contribution in [2.75, 3.05) is 24.2 Å². The molecule has 0 bridgehead atoms. The SMILES string of the molecule is COc1cc(/C=N\NC(=O)CN(c2ccccc2F)S(C)(=O)=O)ccc1OCc1ccccc1. The van der Waals surface area contributed by atoms with E-state index in [4.69, 9.17) is 9.47 Å². The Balaban J connectivity index is 1.63. The number of para-hydroxylation sites is 1. The van der Waals surface area contributed by atoms with Crippen LogP contribution in [0.3, 0.4) is 0 Å². The first-order valence-corrected chi connectivity index (χ1v) is 12.0. The third-order valence-corrected chi connectivity index (χ3v) is 5.76. The number of ether oxygens (including phenoxy) is 2. The summed E-state index contributed by atoms with van der Waals surface area (Å²) in [4.78, 5) is 12.3. The number of amides is 1. The van der Waals surface area contributed by atoms with Crippen LogP contribution in [0.4, 0.5) is 10.1 Å². The summed E-state index contributed by atoms with van der Waals surface area (Å²) < 4.78 is 50.1. The van der Waals surface area contributed by atoms with Gasteiger partial charge in [0.15, 0.2) is 11.5 Å². The largest absolute Gasteiger partial charge is 0.493 e. The molecule has 1 N–H and O–H groups in total. The van der Waals surface area contributed by atoms with Gasteiger partial charge in [-0.3, -0.25) is 9.10 Å². The minimum atomic E-state index is -3.90. The third-order valence-electron chi connectivity index (χ3n) is 4.64. The Kier molecular flexibility index (Phi) is 8.20. The standard InChI is InChI=1S/C24H24FN3O5S/c1-32-23-14-19(12-13-22(23)33-17-18-8-4-3-5-9-18)15-26-27-24(29)16-28(34(2,30)31)21-11-7-6-10-20(21)25/h3-15H,16-17H2,1-2H3,(H,27,29)/b26-15-. The maximum Gasteiger partial charge on any atom is 0.260 e. The van der Waals surface area contributed by atoms with Crippen LogP contribution in [0.25, 0.3) is 0 Å². The monoisotopic (exact) mass is 485 g/mol. The lowest BCUT2D eigenvalue weighted by atomic mass is 10.2. The van der Waals surface area contributed by atoms with Crippen LogP contribution in [-0.2, 0) is 21.4 Å². The molecular formula is C24H24FN3O5S. The zero-order valence-corrected chi connectivity index (χ0v) is 19.5. The fourth-order valence-electron chi connectivity index (χ4n) is 3.00. The van der Waals surface area contributed by atoms with Crippen LogP contribution in [0.5, 0.6) is 11.5 Å². The normalized spacial score (nSPS) is 11.3. The van der Waals surface area contributed by atoms with Crippen molar-refractivity contribution in [3.05, 3.63) is 89.7 Å². The summed E-state index contributed by atoms with van der Waals surface area (Å²) in [5.74, 6) is -0.471. The molecule has 0 saturated heterocycles. The lowest BCUT2D eigenvalue weighted by Gasteiger charge is -2.21. The van der Waals surface area contributed by atoms with Gasteiger partial charge in [0.05, 0.1) is 25.3 Å². The molecule has 3 rings (SSSR count). The first kappa shape index (κ1) is 24.7. The molecule has 0 fully saturated rings. The van der Waals surface area contributed by atoms with E-state index in [1.165, 1.54) is 31.5 Å². The molecule has 10 heteroatoms. The van der Waals surface area contributed by atoms with E-state index in [2.05, 4.69) is 10.5 Å². The zero-order valence-electron chi connectivity index (χ0n) is 18.6. The third kappa shape index (κ3) is 6.79. The lowest BCUT2D eigenvalue weighted by Crippen LogP contribution is -2.39.